The van der Waals surface area contributed by atoms with Crippen molar-refractivity contribution in [2.75, 3.05) is 6.61 Å². The fourth-order valence-electron chi connectivity index (χ4n) is 2.30. The smallest absolute Gasteiger partial charge is 0.155 e. The van der Waals surface area contributed by atoms with E-state index in [0.29, 0.717) is 22.9 Å². The Hall–Kier alpha value is -1.24. The fraction of sp³-hybridized carbons (Fsp3) is 0.500. The molecule has 1 unspecified atom stereocenters. The molecule has 0 saturated heterocycles. The predicted molar refractivity (Wildman–Crippen MR) is 69.9 cm³/mol. The Morgan fingerprint density at radius 1 is 1.61 bits per heavy atom. The van der Waals surface area contributed by atoms with Gasteiger partial charge in [-0.05, 0) is 42.9 Å². The number of hydrogen-bond acceptors (Lipinski definition) is 3. The number of ether oxygens (including phenoxy) is 1. The van der Waals surface area contributed by atoms with Gasteiger partial charge in [-0.2, -0.15) is 5.26 Å². The maximum atomic E-state index is 9.96. The summed E-state index contributed by atoms with van der Waals surface area (Å²) >= 11 is 6.32. The van der Waals surface area contributed by atoms with Crippen molar-refractivity contribution in [2.45, 2.75) is 38.7 Å². The van der Waals surface area contributed by atoms with Gasteiger partial charge in [-0.25, -0.2) is 0 Å². The summed E-state index contributed by atoms with van der Waals surface area (Å²) in [5, 5.41) is 19.6. The van der Waals surface area contributed by atoms with Crippen LogP contribution in [0.1, 0.15) is 49.0 Å². The molecule has 1 aromatic carbocycles. The number of nitrogens with zero attached hydrogens (tertiary/aromatic N) is 1. The average molecular weight is 266 g/mol. The van der Waals surface area contributed by atoms with E-state index in [1.54, 1.807) is 6.07 Å². The molecule has 0 spiro atoms. The highest BCUT2D eigenvalue weighted by molar-refractivity contribution is 6.33. The average Bonchev–Trinajstić information content (AvgIpc) is 2.38. The van der Waals surface area contributed by atoms with E-state index >= 15 is 0 Å². The molecule has 4 heteroatoms. The number of fused-ring (bicyclic) bond motifs is 1. The van der Waals surface area contributed by atoms with E-state index in [4.69, 9.17) is 21.6 Å². The second kappa shape index (κ2) is 5.60. The Labute approximate surface area is 112 Å². The number of hydrogen-bond donors (Lipinski definition) is 1. The Morgan fingerprint density at radius 3 is 3.06 bits per heavy atom. The van der Waals surface area contributed by atoms with Crippen LogP contribution in [-0.4, -0.2) is 11.7 Å². The van der Waals surface area contributed by atoms with Gasteiger partial charge in [0, 0.05) is 0 Å². The van der Waals surface area contributed by atoms with Crippen LogP contribution in [0.5, 0.6) is 5.75 Å². The van der Waals surface area contributed by atoms with Crippen LogP contribution in [0.4, 0.5) is 0 Å². The molecule has 0 radical (unpaired) electrons. The lowest BCUT2D eigenvalue weighted by Crippen LogP contribution is -2.12. The summed E-state index contributed by atoms with van der Waals surface area (Å²) in [7, 11) is 0. The second-order valence-electron chi connectivity index (χ2n) is 4.50. The van der Waals surface area contributed by atoms with E-state index in [9.17, 15) is 5.11 Å². The highest BCUT2D eigenvalue weighted by Gasteiger charge is 2.25. The third-order valence-corrected chi connectivity index (χ3v) is 3.59. The van der Waals surface area contributed by atoms with Crippen LogP contribution < -0.4 is 4.74 Å². The van der Waals surface area contributed by atoms with Gasteiger partial charge in [0.15, 0.2) is 5.75 Å². The van der Waals surface area contributed by atoms with E-state index in [1.165, 1.54) is 0 Å². The van der Waals surface area contributed by atoms with Crippen molar-refractivity contribution >= 4 is 11.6 Å². The van der Waals surface area contributed by atoms with Gasteiger partial charge in [-0.1, -0.05) is 18.5 Å². The quantitative estimate of drug-likeness (QED) is 0.912. The van der Waals surface area contributed by atoms with Crippen molar-refractivity contribution < 1.29 is 9.84 Å². The standard InChI is InChI=1S/C14H16ClNO2/c1-2-6-18-14-9(8-16)7-11-10(13(14)15)4-3-5-12(11)17/h7,12,17H,2-6H2,1H3. The van der Waals surface area contributed by atoms with Gasteiger partial charge in [0.2, 0.25) is 0 Å². The summed E-state index contributed by atoms with van der Waals surface area (Å²) in [6.07, 6.45) is 2.81. The largest absolute Gasteiger partial charge is 0.491 e. The molecule has 96 valence electrons. The van der Waals surface area contributed by atoms with Crippen molar-refractivity contribution in [1.29, 1.82) is 5.26 Å². The number of nitriles is 1. The SMILES string of the molecule is CCCOc1c(C#N)cc2c(c1Cl)CCCC2O. The maximum Gasteiger partial charge on any atom is 0.155 e. The number of aliphatic hydroxyl groups excluding tert-OH is 1. The minimum atomic E-state index is -0.515. The monoisotopic (exact) mass is 265 g/mol. The van der Waals surface area contributed by atoms with Crippen molar-refractivity contribution in [3.63, 3.8) is 0 Å². The first kappa shape index (κ1) is 13.2. The summed E-state index contributed by atoms with van der Waals surface area (Å²) in [4.78, 5) is 0. The number of rotatable bonds is 3. The molecule has 0 fully saturated rings. The second-order valence-corrected chi connectivity index (χ2v) is 4.88. The molecule has 0 amide bonds. The minimum absolute atomic E-state index is 0.410. The number of halogens is 1. The highest BCUT2D eigenvalue weighted by atomic mass is 35.5. The molecule has 18 heavy (non-hydrogen) atoms. The first-order valence-electron chi connectivity index (χ1n) is 6.25. The summed E-state index contributed by atoms with van der Waals surface area (Å²) in [6, 6.07) is 3.81. The molecule has 1 N–H and O–H groups in total. The van der Waals surface area contributed by atoms with Crippen LogP contribution in [0.3, 0.4) is 0 Å². The Kier molecular flexibility index (Phi) is 4.11. The molecule has 0 heterocycles. The highest BCUT2D eigenvalue weighted by Crippen LogP contribution is 2.41. The molecule has 1 aliphatic rings. The molecular formula is C14H16ClNO2. The molecule has 0 bridgehead atoms. The Morgan fingerprint density at radius 2 is 2.39 bits per heavy atom. The third kappa shape index (κ3) is 2.31. The Balaban J connectivity index is 2.51. The van der Waals surface area contributed by atoms with Gasteiger partial charge in [0.25, 0.3) is 0 Å². The maximum absolute atomic E-state index is 9.96. The molecular weight excluding hydrogens is 250 g/mol. The van der Waals surface area contributed by atoms with Crippen molar-refractivity contribution in [3.8, 4) is 11.8 Å². The van der Waals surface area contributed by atoms with Crippen LogP contribution in [0.25, 0.3) is 0 Å². The van der Waals surface area contributed by atoms with Crippen LogP contribution in [0.2, 0.25) is 5.02 Å². The molecule has 0 saturated carbocycles. The van der Waals surface area contributed by atoms with Gasteiger partial charge in [0.1, 0.15) is 6.07 Å². The van der Waals surface area contributed by atoms with Crippen LogP contribution in [-0.2, 0) is 6.42 Å². The summed E-state index contributed by atoms with van der Waals surface area (Å²) in [5.74, 6) is 0.467. The molecule has 1 atom stereocenters. The van der Waals surface area contributed by atoms with E-state index in [1.807, 2.05) is 6.92 Å². The minimum Gasteiger partial charge on any atom is -0.491 e. The topological polar surface area (TPSA) is 53.2 Å². The molecule has 0 aromatic heterocycles. The molecule has 1 aromatic rings. The lowest BCUT2D eigenvalue weighted by molar-refractivity contribution is 0.156. The summed E-state index contributed by atoms with van der Waals surface area (Å²) < 4.78 is 5.57. The third-order valence-electron chi connectivity index (χ3n) is 3.19. The van der Waals surface area contributed by atoms with Crippen molar-refractivity contribution in [1.82, 2.24) is 0 Å². The van der Waals surface area contributed by atoms with Gasteiger partial charge in [-0.15, -0.1) is 0 Å². The van der Waals surface area contributed by atoms with Gasteiger partial charge in [-0.3, -0.25) is 0 Å². The van der Waals surface area contributed by atoms with Crippen LogP contribution in [0.15, 0.2) is 6.07 Å². The number of benzene rings is 1. The van der Waals surface area contributed by atoms with Crippen molar-refractivity contribution in [2.24, 2.45) is 0 Å². The zero-order valence-electron chi connectivity index (χ0n) is 10.4. The zero-order valence-corrected chi connectivity index (χ0v) is 11.1. The Bertz CT molecular complexity index is 494. The molecule has 0 aliphatic heterocycles. The molecule has 3 nitrogen and oxygen atoms in total. The van der Waals surface area contributed by atoms with Gasteiger partial charge < -0.3 is 9.84 Å². The van der Waals surface area contributed by atoms with Crippen LogP contribution >= 0.6 is 11.6 Å². The lowest BCUT2D eigenvalue weighted by atomic mass is 9.88. The normalized spacial score (nSPS) is 18.0. The molecule has 1 aliphatic carbocycles. The van der Waals surface area contributed by atoms with E-state index in [-0.39, 0.29) is 0 Å². The first-order valence-corrected chi connectivity index (χ1v) is 6.63. The predicted octanol–water partition coefficient (Wildman–Crippen LogP) is 3.37. The zero-order chi connectivity index (χ0) is 13.1. The van der Waals surface area contributed by atoms with E-state index in [0.717, 1.165) is 36.8 Å². The fourth-order valence-corrected chi connectivity index (χ4v) is 2.66. The lowest BCUT2D eigenvalue weighted by Gasteiger charge is -2.24. The molecule has 2 rings (SSSR count). The van der Waals surface area contributed by atoms with E-state index < -0.39 is 6.10 Å². The number of aliphatic hydroxyl groups is 1. The first-order chi connectivity index (χ1) is 8.69. The summed E-state index contributed by atoms with van der Waals surface area (Å²) in [6.45, 7) is 2.54. The van der Waals surface area contributed by atoms with E-state index in [2.05, 4.69) is 6.07 Å². The van der Waals surface area contributed by atoms with Gasteiger partial charge in [0.05, 0.1) is 23.3 Å². The van der Waals surface area contributed by atoms with Crippen molar-refractivity contribution in [3.05, 3.63) is 27.8 Å². The summed E-state index contributed by atoms with van der Waals surface area (Å²) in [5.41, 5.74) is 2.13. The van der Waals surface area contributed by atoms with Crippen LogP contribution in [0, 0.1) is 11.3 Å². The van der Waals surface area contributed by atoms with Gasteiger partial charge >= 0.3 is 0 Å².